The van der Waals surface area contributed by atoms with Crippen molar-refractivity contribution in [1.29, 1.82) is 0 Å². The molecule has 154 valence electrons. The Morgan fingerprint density at radius 1 is 1.25 bits per heavy atom. The molecule has 1 saturated heterocycles. The van der Waals surface area contributed by atoms with Gasteiger partial charge in [0.15, 0.2) is 0 Å². The first-order valence-corrected chi connectivity index (χ1v) is 11.1. The van der Waals surface area contributed by atoms with Crippen molar-refractivity contribution < 1.29 is 10.2 Å². The highest BCUT2D eigenvalue weighted by molar-refractivity contribution is 5.54. The summed E-state index contributed by atoms with van der Waals surface area (Å²) in [6, 6.07) is 12.1. The molecule has 0 radical (unpaired) electrons. The van der Waals surface area contributed by atoms with E-state index in [0.717, 1.165) is 25.4 Å². The van der Waals surface area contributed by atoms with Crippen molar-refractivity contribution in [1.82, 2.24) is 10.2 Å². The molecule has 3 aliphatic rings. The normalized spacial score (nSPS) is 28.9. The SMILES string of the molecule is CC/C(=C\c1ccccc1)[C@H]1C[C@@H]1NC1CC2(CCN(C[C@H](O)CO)CC2)C1. The largest absolute Gasteiger partial charge is 0.394 e. The van der Waals surface area contributed by atoms with Gasteiger partial charge < -0.3 is 20.4 Å². The molecule has 4 nitrogen and oxygen atoms in total. The van der Waals surface area contributed by atoms with Crippen molar-refractivity contribution >= 4 is 6.08 Å². The fraction of sp³-hybridized carbons (Fsp3) is 0.667. The fourth-order valence-electron chi connectivity index (χ4n) is 5.40. The summed E-state index contributed by atoms with van der Waals surface area (Å²) in [4.78, 5) is 2.31. The number of likely N-dealkylation sites (tertiary alicyclic amines) is 1. The van der Waals surface area contributed by atoms with Crippen LogP contribution in [0.15, 0.2) is 35.9 Å². The lowest BCUT2D eigenvalue weighted by atomic mass is 9.60. The van der Waals surface area contributed by atoms with Crippen molar-refractivity contribution in [3.63, 3.8) is 0 Å². The summed E-state index contributed by atoms with van der Waals surface area (Å²) in [5, 5.41) is 22.6. The van der Waals surface area contributed by atoms with E-state index in [9.17, 15) is 5.11 Å². The van der Waals surface area contributed by atoms with Crippen molar-refractivity contribution in [2.75, 3.05) is 26.2 Å². The number of hydrogen-bond donors (Lipinski definition) is 3. The van der Waals surface area contributed by atoms with E-state index >= 15 is 0 Å². The van der Waals surface area contributed by atoms with Crippen LogP contribution in [-0.2, 0) is 0 Å². The lowest BCUT2D eigenvalue weighted by molar-refractivity contribution is -0.0145. The average Bonchev–Trinajstić information content (AvgIpc) is 3.46. The van der Waals surface area contributed by atoms with E-state index < -0.39 is 6.10 Å². The third-order valence-electron chi connectivity index (χ3n) is 7.23. The van der Waals surface area contributed by atoms with Crippen LogP contribution < -0.4 is 5.32 Å². The molecule has 0 aromatic heterocycles. The van der Waals surface area contributed by atoms with E-state index in [0.29, 0.717) is 24.0 Å². The van der Waals surface area contributed by atoms with Gasteiger partial charge in [-0.05, 0) is 68.5 Å². The average molecular weight is 385 g/mol. The second kappa shape index (κ2) is 8.66. The Kier molecular flexibility index (Phi) is 6.21. The zero-order valence-corrected chi connectivity index (χ0v) is 17.2. The molecular formula is C24H36N2O2. The molecule has 0 bridgehead atoms. The maximum absolute atomic E-state index is 9.64. The molecule has 28 heavy (non-hydrogen) atoms. The van der Waals surface area contributed by atoms with Crippen LogP contribution in [0.1, 0.15) is 51.0 Å². The van der Waals surface area contributed by atoms with Gasteiger partial charge in [0, 0.05) is 18.6 Å². The first-order chi connectivity index (χ1) is 13.6. The van der Waals surface area contributed by atoms with Crippen LogP contribution in [0.3, 0.4) is 0 Å². The number of β-amino-alcohol motifs (C(OH)–C–C–N with tert-alkyl or cyclic N) is 1. The lowest BCUT2D eigenvalue weighted by Crippen LogP contribution is -2.55. The maximum atomic E-state index is 9.64. The van der Waals surface area contributed by atoms with Gasteiger partial charge in [0.25, 0.3) is 0 Å². The number of aliphatic hydroxyl groups is 2. The molecule has 3 N–H and O–H groups in total. The van der Waals surface area contributed by atoms with E-state index in [4.69, 9.17) is 5.11 Å². The van der Waals surface area contributed by atoms with E-state index in [2.05, 4.69) is 53.5 Å². The van der Waals surface area contributed by atoms with Crippen molar-refractivity contribution in [3.8, 4) is 0 Å². The molecule has 0 unspecified atom stereocenters. The van der Waals surface area contributed by atoms with Gasteiger partial charge in [-0.2, -0.15) is 0 Å². The minimum atomic E-state index is -0.589. The zero-order valence-electron chi connectivity index (χ0n) is 17.2. The number of piperidine rings is 1. The highest BCUT2D eigenvalue weighted by Gasteiger charge is 2.49. The summed E-state index contributed by atoms with van der Waals surface area (Å²) in [7, 11) is 0. The number of hydrogen-bond acceptors (Lipinski definition) is 4. The molecule has 1 aromatic carbocycles. The van der Waals surface area contributed by atoms with Crippen LogP contribution >= 0.6 is 0 Å². The predicted molar refractivity (Wildman–Crippen MR) is 114 cm³/mol. The molecule has 3 atom stereocenters. The Morgan fingerprint density at radius 2 is 1.96 bits per heavy atom. The molecule has 1 aliphatic heterocycles. The summed E-state index contributed by atoms with van der Waals surface area (Å²) in [5.74, 6) is 0.726. The first kappa shape index (κ1) is 20.1. The topological polar surface area (TPSA) is 55.7 Å². The number of aliphatic hydroxyl groups excluding tert-OH is 2. The molecular weight excluding hydrogens is 348 g/mol. The smallest absolute Gasteiger partial charge is 0.0897 e. The summed E-state index contributed by atoms with van der Waals surface area (Å²) in [6.07, 6.45) is 9.35. The highest BCUT2D eigenvalue weighted by Crippen LogP contribution is 2.51. The molecule has 4 heteroatoms. The van der Waals surface area contributed by atoms with Crippen molar-refractivity contribution in [2.45, 2.75) is 63.6 Å². The van der Waals surface area contributed by atoms with Gasteiger partial charge in [0.05, 0.1) is 12.7 Å². The summed E-state index contributed by atoms with van der Waals surface area (Å²) in [5.41, 5.74) is 3.45. The standard InChI is InChI=1S/C24H36N2O2/c1-2-19(12-18-6-4-3-5-7-18)22-13-23(22)25-20-14-24(15-20)8-10-26(11-9-24)16-21(28)17-27/h3-7,12,20-23,25,27-28H,2,8-11,13-17H2,1H3/b19-12+/t21-,22+,23-/m0/s1. The van der Waals surface area contributed by atoms with Crippen LogP contribution in [0.4, 0.5) is 0 Å². The predicted octanol–water partition coefficient (Wildman–Crippen LogP) is 3.06. The van der Waals surface area contributed by atoms with Gasteiger partial charge in [0.2, 0.25) is 0 Å². The minimum absolute atomic E-state index is 0.130. The molecule has 1 heterocycles. The molecule has 3 fully saturated rings. The monoisotopic (exact) mass is 384 g/mol. The second-order valence-electron chi connectivity index (χ2n) is 9.34. The second-order valence-corrected chi connectivity index (χ2v) is 9.34. The molecule has 1 aromatic rings. The highest BCUT2D eigenvalue weighted by atomic mass is 16.3. The van der Waals surface area contributed by atoms with Gasteiger partial charge in [0.1, 0.15) is 0 Å². The van der Waals surface area contributed by atoms with E-state index in [-0.39, 0.29) is 6.61 Å². The first-order valence-electron chi connectivity index (χ1n) is 11.1. The molecule has 0 amide bonds. The Hall–Kier alpha value is -1.20. The van der Waals surface area contributed by atoms with Crippen LogP contribution in [-0.4, -0.2) is 59.5 Å². The third kappa shape index (κ3) is 4.68. The quantitative estimate of drug-likeness (QED) is 0.645. The Balaban J connectivity index is 1.21. The van der Waals surface area contributed by atoms with Crippen LogP contribution in [0.2, 0.25) is 0 Å². The van der Waals surface area contributed by atoms with E-state index in [1.807, 2.05) is 0 Å². The number of nitrogens with zero attached hydrogens (tertiary/aromatic N) is 1. The third-order valence-corrected chi connectivity index (χ3v) is 7.23. The Labute approximate surface area is 169 Å². The van der Waals surface area contributed by atoms with E-state index in [1.165, 1.54) is 37.7 Å². The van der Waals surface area contributed by atoms with Crippen molar-refractivity contribution in [3.05, 3.63) is 41.5 Å². The van der Waals surface area contributed by atoms with Crippen molar-refractivity contribution in [2.24, 2.45) is 11.3 Å². The van der Waals surface area contributed by atoms with Crippen LogP contribution in [0.25, 0.3) is 6.08 Å². The maximum Gasteiger partial charge on any atom is 0.0897 e. The molecule has 2 saturated carbocycles. The molecule has 2 aliphatic carbocycles. The van der Waals surface area contributed by atoms with Gasteiger partial charge in [-0.1, -0.05) is 48.9 Å². The van der Waals surface area contributed by atoms with Crippen LogP contribution in [0.5, 0.6) is 0 Å². The summed E-state index contributed by atoms with van der Waals surface area (Å²) < 4.78 is 0. The number of rotatable bonds is 8. The van der Waals surface area contributed by atoms with Gasteiger partial charge in [-0.25, -0.2) is 0 Å². The Morgan fingerprint density at radius 3 is 2.61 bits per heavy atom. The summed E-state index contributed by atoms with van der Waals surface area (Å²) in [6.45, 7) is 4.90. The molecule has 1 spiro atoms. The van der Waals surface area contributed by atoms with Crippen LogP contribution in [0, 0.1) is 11.3 Å². The lowest BCUT2D eigenvalue weighted by Gasteiger charge is -2.53. The fourth-order valence-corrected chi connectivity index (χ4v) is 5.40. The Bertz CT molecular complexity index is 658. The number of nitrogens with one attached hydrogen (secondary N) is 1. The number of benzene rings is 1. The van der Waals surface area contributed by atoms with Gasteiger partial charge in [-0.3, -0.25) is 0 Å². The van der Waals surface area contributed by atoms with E-state index in [1.54, 1.807) is 5.57 Å². The zero-order chi connectivity index (χ0) is 19.6. The molecule has 4 rings (SSSR count). The van der Waals surface area contributed by atoms with Gasteiger partial charge >= 0.3 is 0 Å². The van der Waals surface area contributed by atoms with Gasteiger partial charge in [-0.15, -0.1) is 0 Å². The summed E-state index contributed by atoms with van der Waals surface area (Å²) >= 11 is 0. The minimum Gasteiger partial charge on any atom is -0.394 e.